The Bertz CT molecular complexity index is 972. The van der Waals surface area contributed by atoms with E-state index in [0.29, 0.717) is 10.5 Å². The van der Waals surface area contributed by atoms with Crippen molar-refractivity contribution < 1.29 is 13.2 Å². The van der Waals surface area contributed by atoms with Crippen LogP contribution >= 0.6 is 11.3 Å². The van der Waals surface area contributed by atoms with E-state index in [1.165, 1.54) is 23.7 Å². The summed E-state index contributed by atoms with van der Waals surface area (Å²) < 4.78 is 28.2. The molecule has 0 aliphatic heterocycles. The number of fused-ring (bicyclic) bond motifs is 1. The lowest BCUT2D eigenvalue weighted by atomic mass is 10.3. The molecule has 0 bridgehead atoms. The number of hydrogen-bond acceptors (Lipinski definition) is 6. The molecule has 0 unspecified atom stereocenters. The van der Waals surface area contributed by atoms with Crippen LogP contribution in [0.1, 0.15) is 21.7 Å². The topological polar surface area (TPSA) is 93.4 Å². The number of carbonyl (C=O) groups is 1. The number of nitrogens with one attached hydrogen (secondary N) is 1. The fraction of sp³-hybridized carbons (Fsp3) is 0.154. The molecular weight excluding hydrogens is 324 g/mol. The second kappa shape index (κ2) is 5.18. The second-order valence-corrected chi connectivity index (χ2v) is 7.13. The monoisotopic (exact) mass is 336 g/mol. The van der Waals surface area contributed by atoms with Crippen LogP contribution in [0.2, 0.25) is 0 Å². The van der Waals surface area contributed by atoms with E-state index in [9.17, 15) is 13.2 Å². The van der Waals surface area contributed by atoms with Gasteiger partial charge in [-0.3, -0.25) is 9.20 Å². The van der Waals surface area contributed by atoms with Gasteiger partial charge in [0.15, 0.2) is 9.99 Å². The van der Waals surface area contributed by atoms with Crippen molar-refractivity contribution in [3.05, 3.63) is 46.9 Å². The number of pyridine rings is 1. The summed E-state index contributed by atoms with van der Waals surface area (Å²) in [4.78, 5) is 20.9. The Morgan fingerprint density at radius 1 is 1.32 bits per heavy atom. The van der Waals surface area contributed by atoms with E-state index in [1.54, 1.807) is 23.5 Å². The first kappa shape index (κ1) is 14.7. The zero-order chi connectivity index (χ0) is 15.9. The van der Waals surface area contributed by atoms with Crippen LogP contribution in [-0.4, -0.2) is 28.7 Å². The third-order valence-electron chi connectivity index (χ3n) is 3.09. The lowest BCUT2D eigenvalue weighted by molar-refractivity contribution is 0.0975. The summed E-state index contributed by atoms with van der Waals surface area (Å²) in [7, 11) is -4.03. The van der Waals surface area contributed by atoms with Crippen molar-refractivity contribution in [2.45, 2.75) is 18.9 Å². The van der Waals surface area contributed by atoms with E-state index >= 15 is 0 Å². The van der Waals surface area contributed by atoms with Crippen molar-refractivity contribution in [3.8, 4) is 0 Å². The molecule has 22 heavy (non-hydrogen) atoms. The summed E-state index contributed by atoms with van der Waals surface area (Å²) in [6.07, 6.45) is 2.72. The summed E-state index contributed by atoms with van der Waals surface area (Å²) >= 11 is 1.38. The van der Waals surface area contributed by atoms with Gasteiger partial charge in [-0.2, -0.15) is 8.42 Å². The van der Waals surface area contributed by atoms with Crippen LogP contribution in [-0.2, 0) is 10.0 Å². The molecule has 1 N–H and O–H groups in total. The van der Waals surface area contributed by atoms with Gasteiger partial charge in [0.2, 0.25) is 0 Å². The van der Waals surface area contributed by atoms with Crippen LogP contribution in [0.5, 0.6) is 0 Å². The number of hydrogen-bond donors (Lipinski definition) is 1. The first-order chi connectivity index (χ1) is 10.4. The predicted molar refractivity (Wildman–Crippen MR) is 81.4 cm³/mol. The average molecular weight is 336 g/mol. The number of aryl methyl sites for hydroxylation is 2. The van der Waals surface area contributed by atoms with Gasteiger partial charge in [-0.1, -0.05) is 6.07 Å². The number of rotatable bonds is 3. The third-order valence-corrected chi connectivity index (χ3v) is 5.44. The minimum atomic E-state index is -4.03. The van der Waals surface area contributed by atoms with Gasteiger partial charge < -0.3 is 0 Å². The molecule has 0 aliphatic rings. The van der Waals surface area contributed by atoms with Crippen LogP contribution in [0.25, 0.3) is 4.96 Å². The molecule has 114 valence electrons. The number of imidazole rings is 1. The Kier molecular flexibility index (Phi) is 3.45. The van der Waals surface area contributed by atoms with Gasteiger partial charge in [0.25, 0.3) is 15.9 Å². The van der Waals surface area contributed by atoms with Gasteiger partial charge in [0.05, 0.1) is 6.20 Å². The first-order valence-electron chi connectivity index (χ1n) is 6.30. The molecule has 0 spiro atoms. The van der Waals surface area contributed by atoms with E-state index < -0.39 is 15.9 Å². The van der Waals surface area contributed by atoms with Crippen LogP contribution in [0.4, 0.5) is 0 Å². The first-order valence-corrected chi connectivity index (χ1v) is 8.67. The molecule has 3 heterocycles. The minimum Gasteiger partial charge on any atom is -0.283 e. The maximum absolute atomic E-state index is 12.3. The molecule has 0 fully saturated rings. The van der Waals surface area contributed by atoms with Crippen LogP contribution in [0, 0.1) is 13.8 Å². The zero-order valence-electron chi connectivity index (χ0n) is 11.8. The number of nitrogens with zero attached hydrogens (tertiary/aromatic N) is 3. The fourth-order valence-electron chi connectivity index (χ4n) is 2.08. The third kappa shape index (κ3) is 2.38. The second-order valence-electron chi connectivity index (χ2n) is 4.70. The summed E-state index contributed by atoms with van der Waals surface area (Å²) in [5.41, 5.74) is 1.45. The molecule has 0 saturated heterocycles. The van der Waals surface area contributed by atoms with Crippen molar-refractivity contribution in [1.82, 2.24) is 19.1 Å². The lowest BCUT2D eigenvalue weighted by Crippen LogP contribution is -2.32. The smallest absolute Gasteiger partial charge is 0.283 e. The predicted octanol–water partition coefficient (Wildman–Crippen LogP) is 1.53. The van der Waals surface area contributed by atoms with E-state index in [0.717, 1.165) is 5.69 Å². The van der Waals surface area contributed by atoms with Gasteiger partial charge in [0.1, 0.15) is 5.69 Å². The molecule has 0 saturated carbocycles. The maximum Gasteiger partial charge on any atom is 0.283 e. The molecule has 1 amide bonds. The van der Waals surface area contributed by atoms with Gasteiger partial charge in [-0.15, -0.1) is 11.3 Å². The SMILES string of the molecule is Cc1cccnc1S(=O)(=O)NC(=O)c1cnc2scc(C)n12. The summed E-state index contributed by atoms with van der Waals surface area (Å²) in [6.45, 7) is 3.44. The Morgan fingerprint density at radius 3 is 2.82 bits per heavy atom. The van der Waals surface area contributed by atoms with Gasteiger partial charge in [-0.05, 0) is 25.5 Å². The van der Waals surface area contributed by atoms with Crippen LogP contribution < -0.4 is 4.72 Å². The van der Waals surface area contributed by atoms with E-state index in [1.807, 2.05) is 17.0 Å². The maximum atomic E-state index is 12.3. The number of amides is 1. The van der Waals surface area contributed by atoms with E-state index in [-0.39, 0.29) is 10.7 Å². The normalized spacial score (nSPS) is 11.7. The highest BCUT2D eigenvalue weighted by molar-refractivity contribution is 7.90. The molecule has 0 radical (unpaired) electrons. The quantitative estimate of drug-likeness (QED) is 0.783. The molecule has 7 nitrogen and oxygen atoms in total. The van der Waals surface area contributed by atoms with Crippen molar-refractivity contribution in [1.29, 1.82) is 0 Å². The Balaban J connectivity index is 1.97. The highest BCUT2D eigenvalue weighted by Gasteiger charge is 2.24. The standard InChI is InChI=1S/C13H12N4O3S2/c1-8-4-3-5-14-12(8)22(19,20)16-11(18)10-6-15-13-17(10)9(2)7-21-13/h3-7H,1-2H3,(H,16,18). The molecule has 0 atom stereocenters. The largest absolute Gasteiger partial charge is 0.283 e. The molecular formula is C13H12N4O3S2. The molecule has 0 aromatic carbocycles. The average Bonchev–Trinajstić information content (AvgIpc) is 3.02. The Hall–Kier alpha value is -2.26. The molecule has 3 aromatic rings. The van der Waals surface area contributed by atoms with Gasteiger partial charge in [-0.25, -0.2) is 14.7 Å². The Labute approximate surface area is 130 Å². The van der Waals surface area contributed by atoms with Crippen molar-refractivity contribution in [2.24, 2.45) is 0 Å². The van der Waals surface area contributed by atoms with Gasteiger partial charge >= 0.3 is 0 Å². The number of carbonyl (C=O) groups excluding carboxylic acids is 1. The molecule has 9 heteroatoms. The van der Waals surface area contributed by atoms with E-state index in [4.69, 9.17) is 0 Å². The van der Waals surface area contributed by atoms with Crippen molar-refractivity contribution in [3.63, 3.8) is 0 Å². The minimum absolute atomic E-state index is 0.161. The number of thiazole rings is 1. The van der Waals surface area contributed by atoms with Gasteiger partial charge in [0, 0.05) is 17.3 Å². The molecule has 3 rings (SSSR count). The van der Waals surface area contributed by atoms with Crippen molar-refractivity contribution >= 4 is 32.2 Å². The summed E-state index contributed by atoms with van der Waals surface area (Å²) in [5, 5.41) is 1.68. The summed E-state index contributed by atoms with van der Waals surface area (Å²) in [6, 6.07) is 3.25. The fourth-order valence-corrected chi connectivity index (χ4v) is 4.06. The van der Waals surface area contributed by atoms with Crippen LogP contribution in [0.15, 0.2) is 34.9 Å². The number of sulfonamides is 1. The molecule has 3 aromatic heterocycles. The molecule has 0 aliphatic carbocycles. The van der Waals surface area contributed by atoms with E-state index in [2.05, 4.69) is 9.97 Å². The highest BCUT2D eigenvalue weighted by Crippen LogP contribution is 2.18. The van der Waals surface area contributed by atoms with Crippen LogP contribution in [0.3, 0.4) is 0 Å². The zero-order valence-corrected chi connectivity index (χ0v) is 13.4. The summed E-state index contributed by atoms with van der Waals surface area (Å²) in [5.74, 6) is -0.737. The highest BCUT2D eigenvalue weighted by atomic mass is 32.2. The van der Waals surface area contributed by atoms with Crippen molar-refractivity contribution in [2.75, 3.05) is 0 Å². The number of aromatic nitrogens is 3. The Morgan fingerprint density at radius 2 is 2.09 bits per heavy atom. The lowest BCUT2D eigenvalue weighted by Gasteiger charge is -2.07.